The predicted molar refractivity (Wildman–Crippen MR) is 69.2 cm³/mol. The van der Waals surface area contributed by atoms with Gasteiger partial charge in [0.15, 0.2) is 0 Å². The molecule has 0 radical (unpaired) electrons. The van der Waals surface area contributed by atoms with Crippen LogP contribution in [0.1, 0.15) is 0 Å². The number of rotatable bonds is 2. The molecule has 0 fully saturated rings. The van der Waals surface area contributed by atoms with Crippen molar-refractivity contribution in [3.05, 3.63) is 59.4 Å². The number of nitrogens with zero attached hydrogens (tertiary/aromatic N) is 3. The maximum absolute atomic E-state index is 5.54. The highest BCUT2D eigenvalue weighted by Crippen LogP contribution is 2.18. The van der Waals surface area contributed by atoms with E-state index in [4.69, 9.17) is 4.74 Å². The minimum absolute atomic E-state index is 0.548. The Bertz CT molecular complexity index is 667. The Balaban J connectivity index is 2.19. The average molecular weight is 239 g/mol. The van der Waals surface area contributed by atoms with Crippen LogP contribution < -0.4 is 15.5 Å². The molecule has 0 aliphatic carbocycles. The van der Waals surface area contributed by atoms with Gasteiger partial charge in [-0.3, -0.25) is 14.9 Å². The van der Waals surface area contributed by atoms with Crippen LogP contribution in [0, 0.1) is 0 Å². The SMILES string of the molecule is COC1=c2ccccc2=NCN1c1cccnc1. The third kappa shape index (κ3) is 1.72. The molecule has 2 aromatic rings. The highest BCUT2D eigenvalue weighted by atomic mass is 16.5. The summed E-state index contributed by atoms with van der Waals surface area (Å²) >= 11 is 0. The first kappa shape index (κ1) is 10.8. The summed E-state index contributed by atoms with van der Waals surface area (Å²) in [5.41, 5.74) is 0.979. The van der Waals surface area contributed by atoms with Crippen LogP contribution in [0.15, 0.2) is 53.8 Å². The van der Waals surface area contributed by atoms with Crippen LogP contribution in [0.4, 0.5) is 5.69 Å². The van der Waals surface area contributed by atoms with Crippen molar-refractivity contribution in [1.82, 2.24) is 4.98 Å². The molecule has 0 atom stereocenters. The number of methoxy groups -OCH3 is 1. The van der Waals surface area contributed by atoms with Gasteiger partial charge in [0.1, 0.15) is 6.67 Å². The second kappa shape index (κ2) is 4.49. The molecule has 0 spiro atoms. The van der Waals surface area contributed by atoms with Crippen LogP contribution in [0.3, 0.4) is 0 Å². The molecule has 2 heterocycles. The van der Waals surface area contributed by atoms with Crippen molar-refractivity contribution < 1.29 is 4.74 Å². The molecule has 1 aromatic carbocycles. The smallest absolute Gasteiger partial charge is 0.204 e. The topological polar surface area (TPSA) is 37.7 Å². The lowest BCUT2D eigenvalue weighted by Crippen LogP contribution is -2.41. The summed E-state index contributed by atoms with van der Waals surface area (Å²) in [6.45, 7) is 0.548. The van der Waals surface area contributed by atoms with Gasteiger partial charge in [0.05, 0.1) is 29.6 Å². The highest BCUT2D eigenvalue weighted by Gasteiger charge is 2.16. The first-order valence-electron chi connectivity index (χ1n) is 5.75. The van der Waals surface area contributed by atoms with E-state index in [2.05, 4.69) is 9.98 Å². The van der Waals surface area contributed by atoms with Gasteiger partial charge in [-0.1, -0.05) is 12.1 Å². The molecule has 0 bridgehead atoms. The first-order chi connectivity index (χ1) is 8.90. The number of para-hydroxylation sites is 1. The van der Waals surface area contributed by atoms with Gasteiger partial charge in [-0.2, -0.15) is 0 Å². The van der Waals surface area contributed by atoms with E-state index in [0.717, 1.165) is 22.1 Å². The molecule has 1 aliphatic heterocycles. The molecule has 18 heavy (non-hydrogen) atoms. The van der Waals surface area contributed by atoms with Gasteiger partial charge in [0.2, 0.25) is 5.88 Å². The average Bonchev–Trinajstić information content (AvgIpc) is 2.47. The Hall–Kier alpha value is -2.36. The summed E-state index contributed by atoms with van der Waals surface area (Å²) in [5, 5.41) is 1.98. The molecule has 0 saturated heterocycles. The van der Waals surface area contributed by atoms with E-state index < -0.39 is 0 Å². The zero-order chi connectivity index (χ0) is 12.4. The van der Waals surface area contributed by atoms with Crippen LogP contribution >= 0.6 is 0 Å². The zero-order valence-corrected chi connectivity index (χ0v) is 10.1. The fourth-order valence-electron chi connectivity index (χ4n) is 2.08. The summed E-state index contributed by atoms with van der Waals surface area (Å²) in [7, 11) is 1.68. The Kier molecular flexibility index (Phi) is 2.68. The fraction of sp³-hybridized carbons (Fsp3) is 0.143. The first-order valence-corrected chi connectivity index (χ1v) is 5.75. The molecule has 0 N–H and O–H groups in total. The molecule has 1 aliphatic rings. The number of hydrogen-bond acceptors (Lipinski definition) is 4. The lowest BCUT2D eigenvalue weighted by Gasteiger charge is -2.26. The normalized spacial score (nSPS) is 13.8. The van der Waals surface area contributed by atoms with Crippen molar-refractivity contribution in [2.24, 2.45) is 4.99 Å². The van der Waals surface area contributed by atoms with Crippen molar-refractivity contribution in [2.45, 2.75) is 0 Å². The number of pyridine rings is 1. The second-order valence-electron chi connectivity index (χ2n) is 3.97. The third-order valence-electron chi connectivity index (χ3n) is 2.91. The Morgan fingerprint density at radius 2 is 2.06 bits per heavy atom. The van der Waals surface area contributed by atoms with E-state index in [-0.39, 0.29) is 0 Å². The van der Waals surface area contributed by atoms with Gasteiger partial charge in [-0.05, 0) is 24.3 Å². The van der Waals surface area contributed by atoms with Gasteiger partial charge in [-0.15, -0.1) is 0 Å². The lowest BCUT2D eigenvalue weighted by atomic mass is 10.2. The van der Waals surface area contributed by atoms with Crippen molar-refractivity contribution in [2.75, 3.05) is 18.7 Å². The molecule has 0 amide bonds. The molecular formula is C14H13N3O. The Morgan fingerprint density at radius 3 is 2.83 bits per heavy atom. The minimum Gasteiger partial charge on any atom is -0.482 e. The summed E-state index contributed by atoms with van der Waals surface area (Å²) in [4.78, 5) is 10.7. The lowest BCUT2D eigenvalue weighted by molar-refractivity contribution is 0.347. The Morgan fingerprint density at radius 1 is 1.17 bits per heavy atom. The van der Waals surface area contributed by atoms with Crippen molar-refractivity contribution >= 4 is 11.6 Å². The molecule has 4 heteroatoms. The fourth-order valence-corrected chi connectivity index (χ4v) is 2.08. The highest BCUT2D eigenvalue weighted by molar-refractivity contribution is 5.63. The number of anilines is 1. The maximum atomic E-state index is 5.54. The van der Waals surface area contributed by atoms with Gasteiger partial charge < -0.3 is 4.74 Å². The molecule has 0 unspecified atom stereocenters. The van der Waals surface area contributed by atoms with Crippen molar-refractivity contribution in [3.8, 4) is 0 Å². The quantitative estimate of drug-likeness (QED) is 0.781. The van der Waals surface area contributed by atoms with E-state index in [1.54, 1.807) is 13.3 Å². The van der Waals surface area contributed by atoms with E-state index in [0.29, 0.717) is 6.67 Å². The molecule has 4 nitrogen and oxygen atoms in total. The third-order valence-corrected chi connectivity index (χ3v) is 2.91. The van der Waals surface area contributed by atoms with Gasteiger partial charge in [0.25, 0.3) is 0 Å². The number of hydrogen-bond donors (Lipinski definition) is 0. The van der Waals surface area contributed by atoms with Crippen LogP contribution in [-0.2, 0) is 4.74 Å². The second-order valence-corrected chi connectivity index (χ2v) is 3.97. The molecule has 1 aromatic heterocycles. The zero-order valence-electron chi connectivity index (χ0n) is 10.1. The monoisotopic (exact) mass is 239 g/mol. The van der Waals surface area contributed by atoms with Gasteiger partial charge >= 0.3 is 0 Å². The number of benzene rings is 1. The Labute approximate surface area is 105 Å². The standard InChI is InChI=1S/C14H13N3O/c1-18-14-12-6-2-3-7-13(12)16-10-17(14)11-5-4-8-15-9-11/h2-9H,10H2,1H3. The van der Waals surface area contributed by atoms with Crippen LogP contribution in [0.25, 0.3) is 5.88 Å². The number of fused-ring (bicyclic) bond motifs is 1. The molecule has 90 valence electrons. The predicted octanol–water partition coefficient (Wildman–Crippen LogP) is 0.891. The maximum Gasteiger partial charge on any atom is 0.204 e. The van der Waals surface area contributed by atoms with Crippen molar-refractivity contribution in [3.63, 3.8) is 0 Å². The largest absolute Gasteiger partial charge is 0.482 e. The van der Waals surface area contributed by atoms with E-state index in [1.165, 1.54) is 0 Å². The number of aromatic nitrogens is 1. The van der Waals surface area contributed by atoms with Gasteiger partial charge in [-0.25, -0.2) is 0 Å². The summed E-state index contributed by atoms with van der Waals surface area (Å²) in [6, 6.07) is 11.9. The van der Waals surface area contributed by atoms with Crippen LogP contribution in [0.5, 0.6) is 0 Å². The summed E-state index contributed by atoms with van der Waals surface area (Å²) < 4.78 is 5.54. The van der Waals surface area contributed by atoms with E-state index in [9.17, 15) is 0 Å². The van der Waals surface area contributed by atoms with Gasteiger partial charge in [0, 0.05) is 6.20 Å². The van der Waals surface area contributed by atoms with E-state index in [1.807, 2.05) is 47.5 Å². The minimum atomic E-state index is 0.548. The van der Waals surface area contributed by atoms with E-state index >= 15 is 0 Å². The molecular weight excluding hydrogens is 226 g/mol. The summed E-state index contributed by atoms with van der Waals surface area (Å²) in [6.07, 6.45) is 3.56. The molecule has 0 saturated carbocycles. The number of ether oxygens (including phenoxy) is 1. The molecule has 3 rings (SSSR count). The van der Waals surface area contributed by atoms with Crippen LogP contribution in [0.2, 0.25) is 0 Å². The summed E-state index contributed by atoms with van der Waals surface area (Å²) in [5.74, 6) is 0.814. The van der Waals surface area contributed by atoms with Crippen LogP contribution in [-0.4, -0.2) is 18.8 Å². The van der Waals surface area contributed by atoms with Crippen molar-refractivity contribution in [1.29, 1.82) is 0 Å².